The van der Waals surface area contributed by atoms with Crippen LogP contribution in [0.25, 0.3) is 0 Å². The molecule has 1 saturated carbocycles. The van der Waals surface area contributed by atoms with E-state index in [0.29, 0.717) is 5.88 Å². The third-order valence-corrected chi connectivity index (χ3v) is 3.70. The van der Waals surface area contributed by atoms with Crippen LogP contribution in [-0.4, -0.2) is 11.1 Å². The molecule has 1 fully saturated rings. The quantitative estimate of drug-likeness (QED) is 0.820. The van der Waals surface area contributed by atoms with Gasteiger partial charge in [0.25, 0.3) is 0 Å². The Labute approximate surface area is 100 Å². The molecule has 0 aliphatic heterocycles. The number of alkyl halides is 1. The third kappa shape index (κ3) is 2.22. The highest BCUT2D eigenvalue weighted by Gasteiger charge is 2.33. The number of halogens is 1. The third-order valence-electron chi connectivity index (χ3n) is 3.40. The van der Waals surface area contributed by atoms with E-state index in [0.717, 1.165) is 30.4 Å². The average molecular weight is 239 g/mol. The molecule has 86 valence electrons. The van der Waals surface area contributed by atoms with Crippen molar-refractivity contribution in [3.05, 3.63) is 35.4 Å². The molecule has 1 aromatic carbocycles. The van der Waals surface area contributed by atoms with Crippen LogP contribution in [-0.2, 0) is 10.7 Å². The molecule has 0 amide bonds. The van der Waals surface area contributed by atoms with E-state index in [2.05, 4.69) is 0 Å². The van der Waals surface area contributed by atoms with Gasteiger partial charge < -0.3 is 5.11 Å². The van der Waals surface area contributed by atoms with Gasteiger partial charge in [-0.15, -0.1) is 11.6 Å². The number of carboxylic acids is 1. The van der Waals surface area contributed by atoms with Gasteiger partial charge in [-0.1, -0.05) is 30.7 Å². The molecule has 2 unspecified atom stereocenters. The summed E-state index contributed by atoms with van der Waals surface area (Å²) >= 11 is 5.72. The SMILES string of the molecule is O=C(O)C1CCCC1c1ccc(CCl)cc1. The molecule has 0 spiro atoms. The molecule has 1 aromatic rings. The van der Waals surface area contributed by atoms with Gasteiger partial charge in [0.05, 0.1) is 5.92 Å². The first kappa shape index (κ1) is 11.5. The van der Waals surface area contributed by atoms with Gasteiger partial charge in [-0.3, -0.25) is 4.79 Å². The Morgan fingerprint density at radius 1 is 1.31 bits per heavy atom. The second-order valence-electron chi connectivity index (χ2n) is 4.36. The van der Waals surface area contributed by atoms with E-state index in [-0.39, 0.29) is 11.8 Å². The Hall–Kier alpha value is -1.02. The molecule has 1 aliphatic carbocycles. The smallest absolute Gasteiger partial charge is 0.307 e. The highest BCUT2D eigenvalue weighted by Crippen LogP contribution is 2.39. The van der Waals surface area contributed by atoms with Gasteiger partial charge in [-0.05, 0) is 29.9 Å². The monoisotopic (exact) mass is 238 g/mol. The van der Waals surface area contributed by atoms with E-state index in [1.54, 1.807) is 0 Å². The van der Waals surface area contributed by atoms with Gasteiger partial charge in [0.2, 0.25) is 0 Å². The van der Waals surface area contributed by atoms with Crippen LogP contribution < -0.4 is 0 Å². The minimum atomic E-state index is -0.663. The second-order valence-corrected chi connectivity index (χ2v) is 4.62. The predicted octanol–water partition coefficient (Wildman–Crippen LogP) is 3.39. The summed E-state index contributed by atoms with van der Waals surface area (Å²) in [5, 5.41) is 9.12. The van der Waals surface area contributed by atoms with Crippen molar-refractivity contribution in [2.75, 3.05) is 0 Å². The molecule has 2 nitrogen and oxygen atoms in total. The molecular weight excluding hydrogens is 224 g/mol. The van der Waals surface area contributed by atoms with Gasteiger partial charge in [0, 0.05) is 5.88 Å². The number of carbonyl (C=O) groups is 1. The van der Waals surface area contributed by atoms with Crippen LogP contribution >= 0.6 is 11.6 Å². The number of rotatable bonds is 3. The second kappa shape index (κ2) is 4.88. The number of hydrogen-bond donors (Lipinski definition) is 1. The van der Waals surface area contributed by atoms with Crippen molar-refractivity contribution in [2.45, 2.75) is 31.1 Å². The standard InChI is InChI=1S/C13H15ClO2/c14-8-9-4-6-10(7-5-9)11-2-1-3-12(11)13(15)16/h4-7,11-12H,1-3,8H2,(H,15,16). The highest BCUT2D eigenvalue weighted by atomic mass is 35.5. The normalized spacial score (nSPS) is 24.6. The summed E-state index contributed by atoms with van der Waals surface area (Å²) < 4.78 is 0. The minimum absolute atomic E-state index is 0.182. The largest absolute Gasteiger partial charge is 0.481 e. The first-order valence-electron chi connectivity index (χ1n) is 5.60. The van der Waals surface area contributed by atoms with Crippen LogP contribution in [0, 0.1) is 5.92 Å². The lowest BCUT2D eigenvalue weighted by atomic mass is 9.88. The lowest BCUT2D eigenvalue weighted by molar-refractivity contribution is -0.142. The van der Waals surface area contributed by atoms with Crippen LogP contribution in [0.2, 0.25) is 0 Å². The highest BCUT2D eigenvalue weighted by molar-refractivity contribution is 6.17. The number of benzene rings is 1. The molecule has 2 atom stereocenters. The Bertz CT molecular complexity index is 372. The maximum Gasteiger partial charge on any atom is 0.307 e. The van der Waals surface area contributed by atoms with Crippen molar-refractivity contribution in [1.29, 1.82) is 0 Å². The fraction of sp³-hybridized carbons (Fsp3) is 0.462. The molecule has 0 bridgehead atoms. The van der Waals surface area contributed by atoms with E-state index >= 15 is 0 Å². The lowest BCUT2D eigenvalue weighted by Crippen LogP contribution is -2.16. The molecule has 0 saturated heterocycles. The van der Waals surface area contributed by atoms with Gasteiger partial charge in [0.1, 0.15) is 0 Å². The van der Waals surface area contributed by atoms with Crippen molar-refractivity contribution in [2.24, 2.45) is 5.92 Å². The molecule has 0 heterocycles. The fourth-order valence-corrected chi connectivity index (χ4v) is 2.69. The summed E-state index contributed by atoms with van der Waals surface area (Å²) in [5.74, 6) is -0.180. The Kier molecular flexibility index (Phi) is 3.49. The van der Waals surface area contributed by atoms with Crippen molar-refractivity contribution in [3.8, 4) is 0 Å². The van der Waals surface area contributed by atoms with Crippen LogP contribution in [0.1, 0.15) is 36.3 Å². The molecule has 0 radical (unpaired) electrons. The van der Waals surface area contributed by atoms with Crippen LogP contribution in [0.4, 0.5) is 0 Å². The van der Waals surface area contributed by atoms with Crippen LogP contribution in [0.15, 0.2) is 24.3 Å². The summed E-state index contributed by atoms with van der Waals surface area (Å²) in [6, 6.07) is 8.01. The lowest BCUT2D eigenvalue weighted by Gasteiger charge is -2.16. The van der Waals surface area contributed by atoms with Crippen molar-refractivity contribution in [3.63, 3.8) is 0 Å². The summed E-state index contributed by atoms with van der Waals surface area (Å²) in [5.41, 5.74) is 2.22. The zero-order chi connectivity index (χ0) is 11.5. The number of hydrogen-bond acceptors (Lipinski definition) is 1. The Morgan fingerprint density at radius 2 is 2.00 bits per heavy atom. The molecule has 16 heavy (non-hydrogen) atoms. The minimum Gasteiger partial charge on any atom is -0.481 e. The summed E-state index contributed by atoms with van der Waals surface area (Å²) in [7, 11) is 0. The van der Waals surface area contributed by atoms with Crippen LogP contribution in [0.5, 0.6) is 0 Å². The Morgan fingerprint density at radius 3 is 2.56 bits per heavy atom. The fourth-order valence-electron chi connectivity index (χ4n) is 2.51. The first-order chi connectivity index (χ1) is 7.72. The molecule has 2 rings (SSSR count). The van der Waals surface area contributed by atoms with Gasteiger partial charge in [0.15, 0.2) is 0 Å². The zero-order valence-corrected chi connectivity index (χ0v) is 9.78. The van der Waals surface area contributed by atoms with E-state index in [1.807, 2.05) is 24.3 Å². The number of carboxylic acid groups (broad SMARTS) is 1. The van der Waals surface area contributed by atoms with Crippen molar-refractivity contribution < 1.29 is 9.90 Å². The molecule has 0 aromatic heterocycles. The molecule has 1 aliphatic rings. The molecule has 3 heteroatoms. The zero-order valence-electron chi connectivity index (χ0n) is 9.03. The summed E-state index contributed by atoms with van der Waals surface area (Å²) in [6.45, 7) is 0. The summed E-state index contributed by atoms with van der Waals surface area (Å²) in [6.07, 6.45) is 2.80. The van der Waals surface area contributed by atoms with E-state index in [9.17, 15) is 4.79 Å². The molecule has 1 N–H and O–H groups in total. The Balaban J connectivity index is 2.19. The predicted molar refractivity (Wildman–Crippen MR) is 63.7 cm³/mol. The number of aliphatic carboxylic acids is 1. The topological polar surface area (TPSA) is 37.3 Å². The van der Waals surface area contributed by atoms with Gasteiger partial charge >= 0.3 is 5.97 Å². The maximum absolute atomic E-state index is 11.1. The average Bonchev–Trinajstić information content (AvgIpc) is 2.78. The van der Waals surface area contributed by atoms with Gasteiger partial charge in [-0.2, -0.15) is 0 Å². The van der Waals surface area contributed by atoms with E-state index in [4.69, 9.17) is 16.7 Å². The first-order valence-corrected chi connectivity index (χ1v) is 6.13. The van der Waals surface area contributed by atoms with E-state index < -0.39 is 5.97 Å². The van der Waals surface area contributed by atoms with E-state index in [1.165, 1.54) is 0 Å². The van der Waals surface area contributed by atoms with Crippen LogP contribution in [0.3, 0.4) is 0 Å². The molecular formula is C13H15ClO2. The summed E-state index contributed by atoms with van der Waals surface area (Å²) in [4.78, 5) is 11.1. The maximum atomic E-state index is 11.1. The van der Waals surface area contributed by atoms with Gasteiger partial charge in [-0.25, -0.2) is 0 Å². The van der Waals surface area contributed by atoms with Crippen molar-refractivity contribution >= 4 is 17.6 Å². The van der Waals surface area contributed by atoms with Crippen molar-refractivity contribution in [1.82, 2.24) is 0 Å².